The minimum atomic E-state index is -1.33. The summed E-state index contributed by atoms with van der Waals surface area (Å²) in [7, 11) is 3.46. The van der Waals surface area contributed by atoms with Gasteiger partial charge in [-0.25, -0.2) is 18.6 Å². The molecule has 1 atom stereocenters. The highest BCUT2D eigenvalue weighted by molar-refractivity contribution is 6.01. The number of benzene rings is 2. The number of aryl methyl sites for hydroxylation is 1. The number of hydrogen-bond donors (Lipinski definition) is 2. The molecular weight excluding hydrogens is 508 g/mol. The van der Waals surface area contributed by atoms with E-state index in [-0.39, 0.29) is 18.3 Å². The number of halogens is 2. The Morgan fingerprint density at radius 3 is 2.74 bits per heavy atom. The molecule has 1 saturated carbocycles. The van der Waals surface area contributed by atoms with Crippen molar-refractivity contribution >= 4 is 33.9 Å². The molecular formula is C28H29F2N5O4. The van der Waals surface area contributed by atoms with Gasteiger partial charge in [-0.1, -0.05) is 0 Å². The van der Waals surface area contributed by atoms with Crippen LogP contribution >= 0.6 is 0 Å². The average Bonchev–Trinajstić information content (AvgIpc) is 3.58. The van der Waals surface area contributed by atoms with Gasteiger partial charge < -0.3 is 29.2 Å². The smallest absolute Gasteiger partial charge is 0.405 e. The maximum Gasteiger partial charge on any atom is 0.405 e. The van der Waals surface area contributed by atoms with E-state index in [0.717, 1.165) is 47.1 Å². The lowest BCUT2D eigenvalue weighted by Gasteiger charge is -2.31. The van der Waals surface area contributed by atoms with Gasteiger partial charge >= 0.3 is 6.09 Å². The molecule has 2 amide bonds. The summed E-state index contributed by atoms with van der Waals surface area (Å²) in [6, 6.07) is 7.56. The average molecular weight is 538 g/mol. The van der Waals surface area contributed by atoms with E-state index in [1.807, 2.05) is 23.7 Å². The maximum absolute atomic E-state index is 14.4. The normalized spacial score (nSPS) is 16.1. The molecule has 0 radical (unpaired) electrons. The van der Waals surface area contributed by atoms with E-state index < -0.39 is 18.8 Å². The van der Waals surface area contributed by atoms with Crippen molar-refractivity contribution in [1.29, 1.82) is 0 Å². The third-order valence-electron chi connectivity index (χ3n) is 7.74. The highest BCUT2D eigenvalue weighted by atomic mass is 19.1. The number of carbonyl (C=O) groups is 2. The molecule has 11 heteroatoms. The van der Waals surface area contributed by atoms with Crippen LogP contribution in [0.15, 0.2) is 30.3 Å². The largest absolute Gasteiger partial charge is 0.494 e. The Morgan fingerprint density at radius 1 is 1.26 bits per heavy atom. The molecule has 0 saturated heterocycles. The van der Waals surface area contributed by atoms with Crippen molar-refractivity contribution in [3.8, 4) is 17.3 Å². The zero-order valence-corrected chi connectivity index (χ0v) is 21.7. The van der Waals surface area contributed by atoms with E-state index in [9.17, 15) is 18.4 Å². The Balaban J connectivity index is 1.42. The van der Waals surface area contributed by atoms with Crippen molar-refractivity contribution in [1.82, 2.24) is 24.3 Å². The van der Waals surface area contributed by atoms with Gasteiger partial charge in [-0.2, -0.15) is 0 Å². The Hall–Kier alpha value is -4.15. The van der Waals surface area contributed by atoms with Crippen LogP contribution in [0.1, 0.15) is 28.8 Å². The van der Waals surface area contributed by atoms with E-state index in [4.69, 9.17) is 14.8 Å². The highest BCUT2D eigenvalue weighted by Crippen LogP contribution is 2.40. The fraction of sp³-hybridized carbons (Fsp3) is 0.393. The van der Waals surface area contributed by atoms with Crippen molar-refractivity contribution in [2.45, 2.75) is 31.8 Å². The van der Waals surface area contributed by atoms with Crippen LogP contribution in [0.5, 0.6) is 5.75 Å². The summed E-state index contributed by atoms with van der Waals surface area (Å²) in [5.74, 6) is 1.06. The Bertz CT molecular complexity index is 1620. The molecule has 1 aliphatic carbocycles. The first kappa shape index (κ1) is 25.1. The first-order chi connectivity index (χ1) is 18.8. The molecule has 9 nitrogen and oxygen atoms in total. The molecule has 2 aromatic heterocycles. The fourth-order valence-electron chi connectivity index (χ4n) is 5.62. The molecule has 0 spiro atoms. The van der Waals surface area contributed by atoms with Gasteiger partial charge in [0.05, 0.1) is 35.4 Å². The molecule has 1 aliphatic heterocycles. The minimum absolute atomic E-state index is 0.0494. The number of fused-ring (bicyclic) bond motifs is 3. The lowest BCUT2D eigenvalue weighted by atomic mass is 9.97. The third-order valence-corrected chi connectivity index (χ3v) is 7.74. The third kappa shape index (κ3) is 4.45. The standard InChI is InChI=1S/C28H29F2N5O4/c1-33-22-8-16-5-6-34(14-19(12-29)31-28(37)38)27(36)20(16)11-21(22)32-26(33)23-9-17-7-18(30)10-24(39-2)25(17)35(23)13-15-3-4-15/h7-11,15,19,31H,3-6,12-14H2,1-2H3,(H,37,38)/t19-/m1/s1. The number of alkyl halides is 1. The Labute approximate surface area is 223 Å². The highest BCUT2D eigenvalue weighted by Gasteiger charge is 2.30. The molecule has 4 aromatic rings. The molecule has 0 unspecified atom stereocenters. The number of aromatic nitrogens is 3. The minimum Gasteiger partial charge on any atom is -0.494 e. The molecule has 2 aromatic carbocycles. The van der Waals surface area contributed by atoms with E-state index >= 15 is 0 Å². The topological polar surface area (TPSA) is 102 Å². The van der Waals surface area contributed by atoms with Crippen LogP contribution in [0.4, 0.5) is 13.6 Å². The predicted octanol–water partition coefficient (Wildman–Crippen LogP) is 4.36. The van der Waals surface area contributed by atoms with Crippen LogP contribution in [0.3, 0.4) is 0 Å². The number of carbonyl (C=O) groups excluding carboxylic acids is 1. The molecule has 2 N–H and O–H groups in total. The summed E-state index contributed by atoms with van der Waals surface area (Å²) < 4.78 is 37.4. The van der Waals surface area contributed by atoms with Crippen LogP contribution in [-0.2, 0) is 20.0 Å². The van der Waals surface area contributed by atoms with Gasteiger partial charge in [-0.3, -0.25) is 4.79 Å². The zero-order valence-electron chi connectivity index (χ0n) is 21.7. The molecule has 6 rings (SSSR count). The SMILES string of the molecule is COc1cc(F)cc2cc(-c3nc4cc5c(cc4n3C)CCN(C[C@@H](CF)NC(=O)O)C5=O)n(CC3CC3)c12. The number of ether oxygens (including phenoxy) is 1. The van der Waals surface area contributed by atoms with Crippen molar-refractivity contribution in [3.05, 3.63) is 47.3 Å². The number of nitrogens with one attached hydrogen (secondary N) is 1. The number of amides is 2. The van der Waals surface area contributed by atoms with Crippen LogP contribution in [0.2, 0.25) is 0 Å². The summed E-state index contributed by atoms with van der Waals surface area (Å²) in [6.07, 6.45) is 1.51. The monoisotopic (exact) mass is 537 g/mol. The van der Waals surface area contributed by atoms with Crippen LogP contribution in [0, 0.1) is 11.7 Å². The van der Waals surface area contributed by atoms with Gasteiger partial charge in [0.25, 0.3) is 5.91 Å². The predicted molar refractivity (Wildman–Crippen MR) is 141 cm³/mol. The number of imidazole rings is 1. The van der Waals surface area contributed by atoms with E-state index in [2.05, 4.69) is 9.88 Å². The summed E-state index contributed by atoms with van der Waals surface area (Å²) in [4.78, 5) is 30.7. The number of hydrogen-bond acceptors (Lipinski definition) is 4. The van der Waals surface area contributed by atoms with Gasteiger partial charge in [0.1, 0.15) is 18.2 Å². The summed E-state index contributed by atoms with van der Waals surface area (Å²) >= 11 is 0. The number of nitrogens with zero attached hydrogens (tertiary/aromatic N) is 4. The van der Waals surface area contributed by atoms with E-state index in [1.165, 1.54) is 24.1 Å². The second kappa shape index (κ2) is 9.55. The first-order valence-electron chi connectivity index (χ1n) is 13.0. The van der Waals surface area contributed by atoms with Crippen LogP contribution in [0.25, 0.3) is 33.5 Å². The lowest BCUT2D eigenvalue weighted by Crippen LogP contribution is -2.48. The van der Waals surface area contributed by atoms with E-state index in [0.29, 0.717) is 41.5 Å². The summed E-state index contributed by atoms with van der Waals surface area (Å²) in [6.45, 7) is 0.177. The number of rotatable bonds is 8. The van der Waals surface area contributed by atoms with Crippen molar-refractivity contribution in [2.24, 2.45) is 13.0 Å². The van der Waals surface area contributed by atoms with Crippen molar-refractivity contribution in [2.75, 3.05) is 26.9 Å². The molecule has 204 valence electrons. The number of carboxylic acid groups (broad SMARTS) is 1. The van der Waals surface area contributed by atoms with Gasteiger partial charge in [0.2, 0.25) is 0 Å². The van der Waals surface area contributed by atoms with Crippen molar-refractivity contribution in [3.63, 3.8) is 0 Å². The van der Waals surface area contributed by atoms with Crippen LogP contribution in [-0.4, -0.2) is 69.0 Å². The maximum atomic E-state index is 14.4. The molecule has 2 aliphatic rings. The zero-order chi connectivity index (χ0) is 27.4. The van der Waals surface area contributed by atoms with Gasteiger partial charge in [0.15, 0.2) is 5.82 Å². The fourth-order valence-corrected chi connectivity index (χ4v) is 5.62. The first-order valence-corrected chi connectivity index (χ1v) is 13.0. The van der Waals surface area contributed by atoms with Gasteiger partial charge in [-0.15, -0.1) is 0 Å². The van der Waals surface area contributed by atoms with Gasteiger partial charge in [0, 0.05) is 43.7 Å². The Kier molecular flexibility index (Phi) is 6.16. The number of methoxy groups -OCH3 is 1. The summed E-state index contributed by atoms with van der Waals surface area (Å²) in [5.41, 5.74) is 4.51. The lowest BCUT2D eigenvalue weighted by molar-refractivity contribution is 0.0714. The molecule has 1 fully saturated rings. The van der Waals surface area contributed by atoms with Crippen LogP contribution < -0.4 is 10.1 Å². The van der Waals surface area contributed by atoms with E-state index in [1.54, 1.807) is 6.07 Å². The molecule has 39 heavy (non-hydrogen) atoms. The second-order valence-electron chi connectivity index (χ2n) is 10.4. The van der Waals surface area contributed by atoms with Gasteiger partial charge in [-0.05, 0) is 55.0 Å². The van der Waals surface area contributed by atoms with Crippen molar-refractivity contribution < 1.29 is 28.2 Å². The quantitative estimate of drug-likeness (QED) is 0.348. The molecule has 3 heterocycles. The molecule has 0 bridgehead atoms. The summed E-state index contributed by atoms with van der Waals surface area (Å²) in [5, 5.41) is 11.8. The second-order valence-corrected chi connectivity index (χ2v) is 10.4. The Morgan fingerprint density at radius 2 is 2.05 bits per heavy atom.